The van der Waals surface area contributed by atoms with Crippen LogP contribution in [0.5, 0.6) is 0 Å². The standard InChI is InChI=1S/C16H17BrClN/c1-11-6-12(2)8-15(7-11)19(3)16-9-14(18)5-4-13(16)10-17/h4-9H,10H2,1-3H3. The summed E-state index contributed by atoms with van der Waals surface area (Å²) in [7, 11) is 2.08. The van der Waals surface area contributed by atoms with Gasteiger partial charge in [0.05, 0.1) is 0 Å². The lowest BCUT2D eigenvalue weighted by molar-refractivity contribution is 1.17. The molecule has 100 valence electrons. The first-order valence-corrected chi connectivity index (χ1v) is 7.67. The Labute approximate surface area is 128 Å². The van der Waals surface area contributed by atoms with Crippen molar-refractivity contribution in [3.05, 3.63) is 58.1 Å². The number of benzene rings is 2. The number of hydrogen-bond acceptors (Lipinski definition) is 1. The van der Waals surface area contributed by atoms with E-state index in [9.17, 15) is 0 Å². The zero-order chi connectivity index (χ0) is 14.0. The van der Waals surface area contributed by atoms with Crippen molar-refractivity contribution in [2.24, 2.45) is 0 Å². The third-order valence-corrected chi connectivity index (χ3v) is 3.99. The van der Waals surface area contributed by atoms with Crippen molar-refractivity contribution in [3.63, 3.8) is 0 Å². The molecule has 0 unspecified atom stereocenters. The maximum Gasteiger partial charge on any atom is 0.0464 e. The average molecular weight is 339 g/mol. The summed E-state index contributed by atoms with van der Waals surface area (Å²) in [6, 6.07) is 12.6. The molecule has 0 atom stereocenters. The van der Waals surface area contributed by atoms with E-state index in [0.29, 0.717) is 0 Å². The van der Waals surface area contributed by atoms with E-state index in [1.807, 2.05) is 12.1 Å². The second-order valence-corrected chi connectivity index (χ2v) is 5.81. The summed E-state index contributed by atoms with van der Waals surface area (Å²) < 4.78 is 0. The molecule has 0 aliphatic carbocycles. The van der Waals surface area contributed by atoms with Crippen LogP contribution in [0.2, 0.25) is 5.02 Å². The van der Waals surface area contributed by atoms with Gasteiger partial charge in [0.1, 0.15) is 0 Å². The van der Waals surface area contributed by atoms with Crippen molar-refractivity contribution >= 4 is 38.9 Å². The number of hydrogen-bond donors (Lipinski definition) is 0. The van der Waals surface area contributed by atoms with Crippen LogP contribution >= 0.6 is 27.5 Å². The molecule has 3 heteroatoms. The number of alkyl halides is 1. The van der Waals surface area contributed by atoms with Gasteiger partial charge in [0, 0.05) is 28.8 Å². The first-order valence-electron chi connectivity index (χ1n) is 6.17. The SMILES string of the molecule is Cc1cc(C)cc(N(C)c2cc(Cl)ccc2CBr)c1. The van der Waals surface area contributed by atoms with E-state index in [0.717, 1.165) is 16.0 Å². The molecule has 0 aromatic heterocycles. The topological polar surface area (TPSA) is 3.24 Å². The van der Waals surface area contributed by atoms with E-state index < -0.39 is 0 Å². The molecule has 2 aromatic carbocycles. The van der Waals surface area contributed by atoms with Gasteiger partial charge in [-0.05, 0) is 54.8 Å². The van der Waals surface area contributed by atoms with Gasteiger partial charge in [-0.15, -0.1) is 0 Å². The molecule has 1 nitrogen and oxygen atoms in total. The van der Waals surface area contributed by atoms with Crippen LogP contribution in [0.4, 0.5) is 11.4 Å². The minimum atomic E-state index is 0.760. The van der Waals surface area contributed by atoms with Gasteiger partial charge in [0.15, 0.2) is 0 Å². The predicted molar refractivity (Wildman–Crippen MR) is 88.1 cm³/mol. The molecule has 2 rings (SSSR count). The van der Waals surface area contributed by atoms with Crippen molar-refractivity contribution in [1.29, 1.82) is 0 Å². The van der Waals surface area contributed by atoms with Crippen LogP contribution in [-0.4, -0.2) is 7.05 Å². The van der Waals surface area contributed by atoms with E-state index in [1.54, 1.807) is 0 Å². The minimum absolute atomic E-state index is 0.760. The molecule has 0 fully saturated rings. The molecule has 0 aliphatic heterocycles. The first-order chi connectivity index (χ1) is 9.01. The fourth-order valence-corrected chi connectivity index (χ4v) is 2.89. The van der Waals surface area contributed by atoms with Gasteiger partial charge in [-0.1, -0.05) is 39.7 Å². The Morgan fingerprint density at radius 2 is 1.68 bits per heavy atom. The third kappa shape index (κ3) is 3.31. The Kier molecular flexibility index (Phi) is 4.54. The van der Waals surface area contributed by atoms with Crippen molar-refractivity contribution in [1.82, 2.24) is 0 Å². The molecule has 0 bridgehead atoms. The number of aryl methyl sites for hydroxylation is 2. The summed E-state index contributed by atoms with van der Waals surface area (Å²) in [5.41, 5.74) is 6.08. The molecule has 0 saturated heterocycles. The summed E-state index contributed by atoms with van der Waals surface area (Å²) in [6.07, 6.45) is 0. The van der Waals surface area contributed by atoms with E-state index in [-0.39, 0.29) is 0 Å². The van der Waals surface area contributed by atoms with E-state index in [1.165, 1.54) is 22.4 Å². The summed E-state index contributed by atoms with van der Waals surface area (Å²) >= 11 is 9.66. The third-order valence-electron chi connectivity index (χ3n) is 3.15. The van der Waals surface area contributed by atoms with E-state index in [2.05, 4.69) is 66.0 Å². The van der Waals surface area contributed by atoms with Crippen molar-refractivity contribution in [3.8, 4) is 0 Å². The summed E-state index contributed by atoms with van der Waals surface area (Å²) in [5, 5.41) is 1.57. The lowest BCUT2D eigenvalue weighted by Crippen LogP contribution is -2.11. The molecule has 19 heavy (non-hydrogen) atoms. The van der Waals surface area contributed by atoms with Crippen LogP contribution in [-0.2, 0) is 5.33 Å². The van der Waals surface area contributed by atoms with Gasteiger partial charge in [-0.3, -0.25) is 0 Å². The van der Waals surface area contributed by atoms with Crippen LogP contribution < -0.4 is 4.90 Å². The number of anilines is 2. The normalized spacial score (nSPS) is 10.6. The fourth-order valence-electron chi connectivity index (χ4n) is 2.25. The Bertz CT molecular complexity index is 575. The van der Waals surface area contributed by atoms with Crippen LogP contribution in [0.25, 0.3) is 0 Å². The van der Waals surface area contributed by atoms with Crippen molar-refractivity contribution in [2.75, 3.05) is 11.9 Å². The smallest absolute Gasteiger partial charge is 0.0464 e. The van der Waals surface area contributed by atoms with Crippen LogP contribution in [0.3, 0.4) is 0 Å². The van der Waals surface area contributed by atoms with Gasteiger partial charge in [0.25, 0.3) is 0 Å². The zero-order valence-corrected chi connectivity index (χ0v) is 13.7. The predicted octanol–water partition coefficient (Wildman–Crippen LogP) is 5.62. The number of nitrogens with zero attached hydrogens (tertiary/aromatic N) is 1. The molecular weight excluding hydrogens is 322 g/mol. The number of halogens is 2. The monoisotopic (exact) mass is 337 g/mol. The van der Waals surface area contributed by atoms with Gasteiger partial charge in [-0.2, -0.15) is 0 Å². The Hall–Kier alpha value is -0.990. The number of rotatable bonds is 3. The Morgan fingerprint density at radius 3 is 2.26 bits per heavy atom. The fraction of sp³-hybridized carbons (Fsp3) is 0.250. The maximum absolute atomic E-state index is 6.13. The van der Waals surface area contributed by atoms with Gasteiger partial charge in [0.2, 0.25) is 0 Å². The quantitative estimate of drug-likeness (QED) is 0.657. The molecular formula is C16H17BrClN. The Morgan fingerprint density at radius 1 is 1.05 bits per heavy atom. The van der Waals surface area contributed by atoms with Crippen LogP contribution in [0.1, 0.15) is 16.7 Å². The molecule has 0 N–H and O–H groups in total. The van der Waals surface area contributed by atoms with Gasteiger partial charge in [-0.25, -0.2) is 0 Å². The molecule has 0 saturated carbocycles. The lowest BCUT2D eigenvalue weighted by Gasteiger charge is -2.23. The molecule has 0 radical (unpaired) electrons. The molecule has 0 aliphatic rings. The summed E-state index contributed by atoms with van der Waals surface area (Å²) in [5.74, 6) is 0. The highest BCUT2D eigenvalue weighted by Gasteiger charge is 2.10. The van der Waals surface area contributed by atoms with Gasteiger partial charge >= 0.3 is 0 Å². The average Bonchev–Trinajstić information content (AvgIpc) is 2.36. The van der Waals surface area contributed by atoms with E-state index >= 15 is 0 Å². The Balaban J connectivity index is 2.48. The molecule has 2 aromatic rings. The highest BCUT2D eigenvalue weighted by Crippen LogP contribution is 2.31. The largest absolute Gasteiger partial charge is 0.344 e. The summed E-state index contributed by atoms with van der Waals surface area (Å²) in [6.45, 7) is 4.24. The molecule has 0 spiro atoms. The van der Waals surface area contributed by atoms with Crippen LogP contribution in [0.15, 0.2) is 36.4 Å². The van der Waals surface area contributed by atoms with E-state index in [4.69, 9.17) is 11.6 Å². The maximum atomic E-state index is 6.13. The van der Waals surface area contributed by atoms with Crippen LogP contribution in [0, 0.1) is 13.8 Å². The zero-order valence-electron chi connectivity index (χ0n) is 11.4. The van der Waals surface area contributed by atoms with Crippen molar-refractivity contribution < 1.29 is 0 Å². The highest BCUT2D eigenvalue weighted by molar-refractivity contribution is 9.08. The molecule has 0 heterocycles. The molecule has 0 amide bonds. The lowest BCUT2D eigenvalue weighted by atomic mass is 10.1. The first kappa shape index (κ1) is 14.4. The summed E-state index contributed by atoms with van der Waals surface area (Å²) in [4.78, 5) is 2.18. The second-order valence-electron chi connectivity index (χ2n) is 4.81. The van der Waals surface area contributed by atoms with Gasteiger partial charge < -0.3 is 4.90 Å². The van der Waals surface area contributed by atoms with Crippen molar-refractivity contribution in [2.45, 2.75) is 19.2 Å². The highest BCUT2D eigenvalue weighted by atomic mass is 79.9. The second kappa shape index (κ2) is 5.98. The minimum Gasteiger partial charge on any atom is -0.344 e.